The average molecular weight is 294 g/mol. The van der Waals surface area contributed by atoms with E-state index in [9.17, 15) is 0 Å². The molecular formula is C14H26N6O. The zero-order valence-electron chi connectivity index (χ0n) is 13.3. The van der Waals surface area contributed by atoms with Gasteiger partial charge in [-0.25, -0.2) is 0 Å². The molecule has 2 rings (SSSR count). The fraction of sp³-hybridized carbons (Fsp3) is 0.786. The van der Waals surface area contributed by atoms with Crippen LogP contribution in [0.25, 0.3) is 0 Å². The third-order valence-corrected chi connectivity index (χ3v) is 3.48. The highest BCUT2D eigenvalue weighted by atomic mass is 16.5. The molecule has 0 aromatic carbocycles. The lowest BCUT2D eigenvalue weighted by molar-refractivity contribution is 0.267. The zero-order valence-corrected chi connectivity index (χ0v) is 13.3. The van der Waals surface area contributed by atoms with Crippen LogP contribution in [0.2, 0.25) is 0 Å². The third kappa shape index (κ3) is 4.42. The minimum atomic E-state index is 0.413. The number of hydrogen-bond acceptors (Lipinski definition) is 7. The second-order valence-corrected chi connectivity index (χ2v) is 5.04. The summed E-state index contributed by atoms with van der Waals surface area (Å²) in [7, 11) is 0. The molecule has 7 heteroatoms. The van der Waals surface area contributed by atoms with Crippen molar-refractivity contribution in [2.24, 2.45) is 0 Å². The molecule has 1 N–H and O–H groups in total. The van der Waals surface area contributed by atoms with E-state index in [0.29, 0.717) is 24.5 Å². The minimum absolute atomic E-state index is 0.413. The van der Waals surface area contributed by atoms with Crippen LogP contribution in [0, 0.1) is 0 Å². The van der Waals surface area contributed by atoms with Gasteiger partial charge in [0.15, 0.2) is 0 Å². The van der Waals surface area contributed by atoms with E-state index in [4.69, 9.17) is 4.74 Å². The SMILES string of the molecule is CCCOc1nc(NCC)nc(N2CCN(CC)CC2)n1. The van der Waals surface area contributed by atoms with E-state index in [1.54, 1.807) is 0 Å². The van der Waals surface area contributed by atoms with Crippen LogP contribution in [0.3, 0.4) is 0 Å². The lowest BCUT2D eigenvalue weighted by Crippen LogP contribution is -2.46. The summed E-state index contributed by atoms with van der Waals surface area (Å²) in [5.74, 6) is 1.30. The molecule has 0 bridgehead atoms. The highest BCUT2D eigenvalue weighted by Gasteiger charge is 2.19. The topological polar surface area (TPSA) is 66.4 Å². The lowest BCUT2D eigenvalue weighted by atomic mass is 10.3. The zero-order chi connectivity index (χ0) is 15.1. The van der Waals surface area contributed by atoms with Crippen molar-refractivity contribution in [3.8, 4) is 6.01 Å². The second kappa shape index (κ2) is 7.97. The third-order valence-electron chi connectivity index (χ3n) is 3.48. The highest BCUT2D eigenvalue weighted by molar-refractivity contribution is 5.38. The summed E-state index contributed by atoms with van der Waals surface area (Å²) in [5, 5.41) is 3.14. The molecule has 118 valence electrons. The molecule has 0 saturated carbocycles. The Labute approximate surface area is 126 Å². The first-order valence-corrected chi connectivity index (χ1v) is 7.86. The maximum Gasteiger partial charge on any atom is 0.323 e. The number of anilines is 2. The van der Waals surface area contributed by atoms with Gasteiger partial charge >= 0.3 is 6.01 Å². The van der Waals surface area contributed by atoms with Crippen LogP contribution in [0.4, 0.5) is 11.9 Å². The highest BCUT2D eigenvalue weighted by Crippen LogP contribution is 2.17. The van der Waals surface area contributed by atoms with Crippen LogP contribution in [0.5, 0.6) is 6.01 Å². The summed E-state index contributed by atoms with van der Waals surface area (Å²) in [4.78, 5) is 17.9. The first kappa shape index (κ1) is 15.8. The molecule has 0 unspecified atom stereocenters. The minimum Gasteiger partial charge on any atom is -0.463 e. The van der Waals surface area contributed by atoms with Crippen molar-refractivity contribution >= 4 is 11.9 Å². The van der Waals surface area contributed by atoms with Crippen molar-refractivity contribution in [1.29, 1.82) is 0 Å². The maximum absolute atomic E-state index is 5.58. The van der Waals surface area contributed by atoms with Crippen molar-refractivity contribution < 1.29 is 4.74 Å². The van der Waals surface area contributed by atoms with E-state index in [1.807, 2.05) is 6.92 Å². The van der Waals surface area contributed by atoms with Gasteiger partial charge in [0, 0.05) is 32.7 Å². The molecule has 0 atom stereocenters. The Kier molecular flexibility index (Phi) is 5.98. The van der Waals surface area contributed by atoms with Gasteiger partial charge in [0.2, 0.25) is 11.9 Å². The second-order valence-electron chi connectivity index (χ2n) is 5.04. The van der Waals surface area contributed by atoms with Crippen molar-refractivity contribution in [3.05, 3.63) is 0 Å². The van der Waals surface area contributed by atoms with Gasteiger partial charge in [0.1, 0.15) is 0 Å². The number of nitrogens with zero attached hydrogens (tertiary/aromatic N) is 5. The first-order valence-electron chi connectivity index (χ1n) is 7.86. The van der Waals surface area contributed by atoms with E-state index in [-0.39, 0.29) is 0 Å². The van der Waals surface area contributed by atoms with E-state index in [0.717, 1.165) is 45.7 Å². The molecular weight excluding hydrogens is 268 g/mol. The summed E-state index contributed by atoms with van der Waals surface area (Å²) in [5.41, 5.74) is 0. The van der Waals surface area contributed by atoms with Crippen molar-refractivity contribution in [1.82, 2.24) is 19.9 Å². The monoisotopic (exact) mass is 294 g/mol. The predicted molar refractivity (Wildman–Crippen MR) is 84.1 cm³/mol. The van der Waals surface area contributed by atoms with Gasteiger partial charge in [-0.15, -0.1) is 0 Å². The molecule has 1 saturated heterocycles. The van der Waals surface area contributed by atoms with Gasteiger partial charge in [0.05, 0.1) is 6.61 Å². The van der Waals surface area contributed by atoms with Crippen LogP contribution in [0.1, 0.15) is 27.2 Å². The number of nitrogens with one attached hydrogen (secondary N) is 1. The number of hydrogen-bond donors (Lipinski definition) is 1. The average Bonchev–Trinajstić information content (AvgIpc) is 2.53. The largest absolute Gasteiger partial charge is 0.463 e. The predicted octanol–water partition coefficient (Wildman–Crippen LogP) is 1.23. The molecule has 1 aromatic heterocycles. The lowest BCUT2D eigenvalue weighted by Gasteiger charge is -2.34. The fourth-order valence-electron chi connectivity index (χ4n) is 2.25. The Morgan fingerprint density at radius 3 is 2.43 bits per heavy atom. The van der Waals surface area contributed by atoms with Crippen LogP contribution in [-0.4, -0.2) is 65.7 Å². The standard InChI is InChI=1S/C14H26N6O/c1-4-11-21-14-17-12(15-5-2)16-13(18-14)20-9-7-19(6-3)8-10-20/h4-11H2,1-3H3,(H,15,16,17,18). The van der Waals surface area contributed by atoms with E-state index in [2.05, 4.69) is 43.9 Å². The van der Waals surface area contributed by atoms with Gasteiger partial charge in [-0.05, 0) is 19.9 Å². The summed E-state index contributed by atoms with van der Waals surface area (Å²) in [6, 6.07) is 0.413. The van der Waals surface area contributed by atoms with E-state index < -0.39 is 0 Å². The molecule has 0 spiro atoms. The fourth-order valence-corrected chi connectivity index (χ4v) is 2.25. The normalized spacial score (nSPS) is 16.0. The molecule has 1 fully saturated rings. The molecule has 1 aromatic rings. The van der Waals surface area contributed by atoms with Crippen LogP contribution in [-0.2, 0) is 0 Å². The molecule has 0 radical (unpaired) electrons. The van der Waals surface area contributed by atoms with Crippen LogP contribution in [0.15, 0.2) is 0 Å². The number of likely N-dealkylation sites (N-methyl/N-ethyl adjacent to an activating group) is 1. The maximum atomic E-state index is 5.58. The smallest absolute Gasteiger partial charge is 0.323 e. The van der Waals surface area contributed by atoms with Crippen LogP contribution >= 0.6 is 0 Å². The summed E-state index contributed by atoms with van der Waals surface area (Å²) >= 11 is 0. The number of piperazine rings is 1. The Morgan fingerprint density at radius 1 is 1.05 bits per heavy atom. The first-order chi connectivity index (χ1) is 10.3. The van der Waals surface area contributed by atoms with Gasteiger partial charge < -0.3 is 19.9 Å². The Bertz CT molecular complexity index is 433. The Morgan fingerprint density at radius 2 is 1.81 bits per heavy atom. The quantitative estimate of drug-likeness (QED) is 0.811. The molecule has 7 nitrogen and oxygen atoms in total. The summed E-state index contributed by atoms with van der Waals surface area (Å²) < 4.78 is 5.58. The number of aromatic nitrogens is 3. The van der Waals surface area contributed by atoms with Gasteiger partial charge in [-0.1, -0.05) is 13.8 Å². The Hall–Kier alpha value is -1.63. The molecule has 0 amide bonds. The summed E-state index contributed by atoms with van der Waals surface area (Å²) in [6.07, 6.45) is 0.937. The molecule has 1 aliphatic rings. The molecule has 2 heterocycles. The van der Waals surface area contributed by atoms with E-state index in [1.165, 1.54) is 0 Å². The van der Waals surface area contributed by atoms with Gasteiger partial charge in [0.25, 0.3) is 0 Å². The van der Waals surface area contributed by atoms with Gasteiger partial charge in [-0.3, -0.25) is 0 Å². The van der Waals surface area contributed by atoms with Gasteiger partial charge in [-0.2, -0.15) is 15.0 Å². The molecule has 21 heavy (non-hydrogen) atoms. The van der Waals surface area contributed by atoms with Crippen molar-refractivity contribution in [2.45, 2.75) is 27.2 Å². The number of rotatable bonds is 7. The molecule has 1 aliphatic heterocycles. The molecule has 0 aliphatic carbocycles. The van der Waals surface area contributed by atoms with E-state index >= 15 is 0 Å². The number of ether oxygens (including phenoxy) is 1. The van der Waals surface area contributed by atoms with Crippen LogP contribution < -0.4 is 15.0 Å². The Balaban J connectivity index is 2.11. The van der Waals surface area contributed by atoms with Crippen molar-refractivity contribution in [2.75, 3.05) is 56.1 Å². The summed E-state index contributed by atoms with van der Waals surface area (Å²) in [6.45, 7) is 12.8. The van der Waals surface area contributed by atoms with Crippen molar-refractivity contribution in [3.63, 3.8) is 0 Å².